The first-order chi connectivity index (χ1) is 21.7. The second-order valence-electron chi connectivity index (χ2n) is 14.4. The number of cyclic esters (lactones) is 1. The first-order valence-electron chi connectivity index (χ1n) is 16.7. The van der Waals surface area contributed by atoms with Crippen molar-refractivity contribution in [2.45, 2.75) is 70.9 Å². The highest BCUT2D eigenvalue weighted by Gasteiger charge is 2.55. The fourth-order valence-electron chi connectivity index (χ4n) is 8.92. The van der Waals surface area contributed by atoms with E-state index in [2.05, 4.69) is 25.1 Å². The molecule has 3 aliphatic carbocycles. The van der Waals surface area contributed by atoms with Crippen molar-refractivity contribution in [3.8, 4) is 11.5 Å². The summed E-state index contributed by atoms with van der Waals surface area (Å²) in [5.41, 5.74) is 0.338. The van der Waals surface area contributed by atoms with E-state index in [0.29, 0.717) is 48.2 Å². The van der Waals surface area contributed by atoms with Gasteiger partial charge in [-0.15, -0.1) is 0 Å². The average Bonchev–Trinajstić information content (AvgIpc) is 3.38. The van der Waals surface area contributed by atoms with Gasteiger partial charge >= 0.3 is 6.09 Å². The summed E-state index contributed by atoms with van der Waals surface area (Å²) in [5.74, 6) is 2.61. The van der Waals surface area contributed by atoms with E-state index in [4.69, 9.17) is 9.47 Å². The van der Waals surface area contributed by atoms with E-state index in [0.717, 1.165) is 52.0 Å². The van der Waals surface area contributed by atoms with Gasteiger partial charge in [-0.3, -0.25) is 4.79 Å². The quantitative estimate of drug-likeness (QED) is 0.436. The maximum Gasteiger partial charge on any atom is 0.407 e. The zero-order valence-electron chi connectivity index (χ0n) is 26.6. The van der Waals surface area contributed by atoms with Crippen molar-refractivity contribution in [2.24, 2.45) is 23.2 Å². The Labute approximate surface area is 264 Å². The number of carbonyl (C=O) groups is 2. The molecular formula is C34H45FN6O4. The van der Waals surface area contributed by atoms with Gasteiger partial charge in [-0.1, -0.05) is 0 Å². The number of nitrogens with one attached hydrogen (secondary N) is 1. The van der Waals surface area contributed by atoms with E-state index in [9.17, 15) is 14.0 Å². The zero-order valence-corrected chi connectivity index (χ0v) is 26.6. The molecule has 3 saturated heterocycles. The minimum absolute atomic E-state index is 0.0286. The predicted molar refractivity (Wildman–Crippen MR) is 167 cm³/mol. The lowest BCUT2D eigenvalue weighted by Crippen LogP contribution is -2.62. The van der Waals surface area contributed by atoms with Gasteiger partial charge in [-0.25, -0.2) is 19.2 Å². The Morgan fingerprint density at radius 2 is 2.02 bits per heavy atom. The van der Waals surface area contributed by atoms with E-state index in [1.54, 1.807) is 11.1 Å². The number of fused-ring (bicyclic) bond motifs is 2. The van der Waals surface area contributed by atoms with Crippen molar-refractivity contribution in [3.63, 3.8) is 0 Å². The first kappa shape index (κ1) is 30.2. The van der Waals surface area contributed by atoms with Crippen molar-refractivity contribution >= 4 is 17.8 Å². The fourth-order valence-corrected chi connectivity index (χ4v) is 8.92. The molecule has 11 heteroatoms. The van der Waals surface area contributed by atoms with Gasteiger partial charge in [0.25, 0.3) is 5.91 Å². The molecule has 2 amide bonds. The monoisotopic (exact) mass is 620 g/mol. The Hall–Kier alpha value is -3.47. The van der Waals surface area contributed by atoms with Crippen LogP contribution in [0.5, 0.6) is 11.5 Å². The lowest BCUT2D eigenvalue weighted by molar-refractivity contribution is -0.0208. The number of alkyl carbamates (subject to hydrolysis) is 1. The number of hydrogen-bond donors (Lipinski definition) is 1. The predicted octanol–water partition coefficient (Wildman–Crippen LogP) is 5.10. The second-order valence-corrected chi connectivity index (χ2v) is 14.4. The van der Waals surface area contributed by atoms with Crippen LogP contribution in [0.15, 0.2) is 30.7 Å². The summed E-state index contributed by atoms with van der Waals surface area (Å²) >= 11 is 0. The van der Waals surface area contributed by atoms with Gasteiger partial charge in [0, 0.05) is 37.6 Å². The average molecular weight is 621 g/mol. The number of halogens is 1. The molecule has 6 fully saturated rings. The highest BCUT2D eigenvalue weighted by Crippen LogP contribution is 2.52. The minimum Gasteiger partial charge on any atom is -0.451 e. The number of benzene rings is 1. The Bertz CT molecular complexity index is 1440. The fraction of sp³-hybridized carbons (Fsp3) is 0.647. The topological polar surface area (TPSA) is 100 Å². The summed E-state index contributed by atoms with van der Waals surface area (Å²) in [6.45, 7) is 12.0. The smallest absolute Gasteiger partial charge is 0.407 e. The number of piperidine rings is 1. The Morgan fingerprint density at radius 1 is 1.22 bits per heavy atom. The van der Waals surface area contributed by atoms with Crippen LogP contribution in [0, 0.1) is 29.0 Å². The highest BCUT2D eigenvalue weighted by molar-refractivity contribution is 5.97. The molecule has 4 atom stereocenters. The molecule has 242 valence electrons. The molecule has 2 spiro atoms. The molecule has 2 aromatic rings. The summed E-state index contributed by atoms with van der Waals surface area (Å²) in [6.07, 6.45) is 9.93. The number of amides is 2. The molecule has 10 nitrogen and oxygen atoms in total. The summed E-state index contributed by atoms with van der Waals surface area (Å²) in [5, 5.41) is 3.18. The van der Waals surface area contributed by atoms with Gasteiger partial charge < -0.3 is 29.5 Å². The Kier molecular flexibility index (Phi) is 7.86. The standard InChI is InChI=1S/C34H45FN6O4/c1-4-41(22(2)3)31(42)27-14-26(35)7-8-28(27)45-29-16-36-21-37-30(29)40-18-33(19-40)9-11-39(12-10-33)17-24-13-25-6-5-23(24)15-34(25)20-44-32(43)38-34/h7-8,14,16,21-25H,4-6,9-13,15,17-20H2,1-3H3,(H,38,43). The van der Waals surface area contributed by atoms with Crippen molar-refractivity contribution in [3.05, 3.63) is 42.1 Å². The van der Waals surface area contributed by atoms with Gasteiger partial charge in [0.2, 0.25) is 0 Å². The SMILES string of the molecule is CCN(C(=O)c1cc(F)ccc1Oc1cncnc1N1CC2(CCN(CC3CC4CCC3CC43COC(=O)N3)CC2)C1)C(C)C. The molecule has 1 aromatic carbocycles. The van der Waals surface area contributed by atoms with Crippen LogP contribution in [0.4, 0.5) is 15.0 Å². The molecule has 6 aliphatic rings. The maximum atomic E-state index is 14.3. The normalized spacial score (nSPS) is 28.7. The van der Waals surface area contributed by atoms with Crippen LogP contribution in [0.3, 0.4) is 0 Å². The molecule has 1 N–H and O–H groups in total. The highest BCUT2D eigenvalue weighted by atomic mass is 19.1. The van der Waals surface area contributed by atoms with E-state index in [1.807, 2.05) is 20.8 Å². The zero-order chi connectivity index (χ0) is 31.3. The third kappa shape index (κ3) is 5.61. The van der Waals surface area contributed by atoms with E-state index >= 15 is 0 Å². The van der Waals surface area contributed by atoms with Crippen LogP contribution in [0.2, 0.25) is 0 Å². The van der Waals surface area contributed by atoms with Gasteiger partial charge in [-0.05, 0) is 108 Å². The lowest BCUT2D eigenvalue weighted by Gasteiger charge is -2.56. The molecule has 1 aromatic heterocycles. The van der Waals surface area contributed by atoms with Crippen molar-refractivity contribution in [1.29, 1.82) is 0 Å². The molecule has 3 saturated carbocycles. The Balaban J connectivity index is 0.965. The molecule has 8 rings (SSSR count). The molecule has 3 aliphatic heterocycles. The lowest BCUT2D eigenvalue weighted by atomic mass is 9.56. The van der Waals surface area contributed by atoms with Gasteiger partial charge in [0.15, 0.2) is 11.6 Å². The van der Waals surface area contributed by atoms with E-state index in [-0.39, 0.29) is 34.6 Å². The van der Waals surface area contributed by atoms with Crippen molar-refractivity contribution in [2.75, 3.05) is 50.8 Å². The molecule has 45 heavy (non-hydrogen) atoms. The number of aromatic nitrogens is 2. The largest absolute Gasteiger partial charge is 0.451 e. The van der Waals surface area contributed by atoms with Gasteiger partial charge in [0.05, 0.1) is 17.3 Å². The number of nitrogens with zero attached hydrogens (tertiary/aromatic N) is 5. The van der Waals surface area contributed by atoms with E-state index < -0.39 is 5.82 Å². The first-order valence-corrected chi connectivity index (χ1v) is 16.7. The number of rotatable bonds is 8. The van der Waals surface area contributed by atoms with Crippen LogP contribution >= 0.6 is 0 Å². The third-order valence-corrected chi connectivity index (χ3v) is 11.4. The maximum absolute atomic E-state index is 14.3. The van der Waals surface area contributed by atoms with Crippen molar-refractivity contribution in [1.82, 2.24) is 25.1 Å². The molecular weight excluding hydrogens is 575 g/mol. The van der Waals surface area contributed by atoms with Gasteiger partial charge in [-0.2, -0.15) is 0 Å². The number of ether oxygens (including phenoxy) is 2. The second kappa shape index (κ2) is 11.7. The molecule has 2 bridgehead atoms. The molecule has 4 unspecified atom stereocenters. The summed E-state index contributed by atoms with van der Waals surface area (Å²) in [4.78, 5) is 40.5. The van der Waals surface area contributed by atoms with Crippen LogP contribution in [0.25, 0.3) is 0 Å². The van der Waals surface area contributed by atoms with E-state index in [1.165, 1.54) is 43.8 Å². The molecule has 0 radical (unpaired) electrons. The van der Waals surface area contributed by atoms with Gasteiger partial charge in [0.1, 0.15) is 24.5 Å². The van der Waals surface area contributed by atoms with Crippen LogP contribution < -0.4 is 15.0 Å². The number of likely N-dealkylation sites (tertiary alicyclic amines) is 1. The third-order valence-electron chi connectivity index (χ3n) is 11.4. The van der Waals surface area contributed by atoms with Crippen LogP contribution in [0.1, 0.15) is 69.7 Å². The summed E-state index contributed by atoms with van der Waals surface area (Å²) < 4.78 is 25.9. The number of carbonyl (C=O) groups excluding carboxylic acids is 2. The summed E-state index contributed by atoms with van der Waals surface area (Å²) in [7, 11) is 0. The van der Waals surface area contributed by atoms with Crippen molar-refractivity contribution < 1.29 is 23.5 Å². The Morgan fingerprint density at radius 3 is 2.69 bits per heavy atom. The number of hydrogen-bond acceptors (Lipinski definition) is 8. The van der Waals surface area contributed by atoms with Crippen LogP contribution in [-0.4, -0.2) is 89.2 Å². The summed E-state index contributed by atoms with van der Waals surface area (Å²) in [6, 6.07) is 4.04. The number of anilines is 1. The minimum atomic E-state index is -0.483. The van der Waals surface area contributed by atoms with Crippen LogP contribution in [-0.2, 0) is 4.74 Å². The molecule has 4 heterocycles.